The van der Waals surface area contributed by atoms with Crippen LogP contribution in [0.5, 0.6) is 0 Å². The summed E-state index contributed by atoms with van der Waals surface area (Å²) in [4.78, 5) is 40.1. The third kappa shape index (κ3) is 3.39. The number of aliphatic hydroxyl groups excluding tert-OH is 1. The number of hydrogen-bond donors (Lipinski definition) is 7. The van der Waals surface area contributed by atoms with Crippen LogP contribution in [0.2, 0.25) is 0 Å². The van der Waals surface area contributed by atoms with Crippen molar-refractivity contribution in [1.82, 2.24) is 20.9 Å². The van der Waals surface area contributed by atoms with E-state index < -0.39 is 32.6 Å². The molecular formula is C10H21N4O7P. The average molecular weight is 340 g/mol. The van der Waals surface area contributed by atoms with Crippen LogP contribution in [0.4, 0.5) is 0 Å². The zero-order chi connectivity index (χ0) is 15.9. The van der Waals surface area contributed by atoms with Crippen LogP contribution in [0.15, 0.2) is 0 Å². The molecule has 3 aliphatic rings. The van der Waals surface area contributed by atoms with Crippen molar-refractivity contribution in [2.75, 3.05) is 19.9 Å². The van der Waals surface area contributed by atoms with E-state index in [2.05, 4.69) is 20.5 Å². The molecule has 12 heteroatoms. The van der Waals surface area contributed by atoms with Crippen LogP contribution >= 0.6 is 8.17 Å². The normalized spacial score (nSPS) is 40.5. The number of hydrogen-bond acceptors (Lipinski definition) is 10. The number of amides is 1. The van der Waals surface area contributed by atoms with Gasteiger partial charge in [0.2, 0.25) is 0 Å². The second-order valence-corrected chi connectivity index (χ2v) is 6.99. The molecule has 5 unspecified atom stereocenters. The van der Waals surface area contributed by atoms with Crippen molar-refractivity contribution in [1.29, 1.82) is 0 Å². The van der Waals surface area contributed by atoms with E-state index in [1.165, 1.54) is 0 Å². The molecule has 3 rings (SSSR count). The summed E-state index contributed by atoms with van der Waals surface area (Å²) in [5.74, 6) is -0.116. The second-order valence-electron chi connectivity index (χ2n) is 5.56. The number of rotatable bonds is 4. The first-order valence-corrected chi connectivity index (χ1v) is 8.75. The molecule has 0 aliphatic carbocycles. The fraction of sp³-hybridized carbons (Fsp3) is 0.900. The molecule has 0 aromatic carbocycles. The number of carbonyl (C=O) groups is 1. The minimum atomic E-state index is -4.59. The van der Waals surface area contributed by atoms with Gasteiger partial charge < -0.3 is 0 Å². The summed E-state index contributed by atoms with van der Waals surface area (Å²) >= 11 is 0. The van der Waals surface area contributed by atoms with Crippen LogP contribution in [-0.2, 0) is 14.1 Å². The van der Waals surface area contributed by atoms with Gasteiger partial charge >= 0.3 is 126 Å². The second kappa shape index (κ2) is 6.21. The van der Waals surface area contributed by atoms with Crippen LogP contribution in [0.25, 0.3) is 0 Å². The van der Waals surface area contributed by atoms with Crippen LogP contribution in [0.1, 0.15) is 6.42 Å². The summed E-state index contributed by atoms with van der Waals surface area (Å²) in [7, 11) is -4.59. The molecule has 0 radical (unpaired) electrons. The molecule has 1 amide bonds. The Kier molecular flexibility index (Phi) is 4.63. The van der Waals surface area contributed by atoms with Gasteiger partial charge in [0.15, 0.2) is 0 Å². The topological polar surface area (TPSA) is 156 Å². The van der Waals surface area contributed by atoms with Crippen LogP contribution in [-0.4, -0.2) is 81.2 Å². The van der Waals surface area contributed by atoms with Crippen LogP contribution < -0.4 is 16.0 Å². The quantitative estimate of drug-likeness (QED) is 0.252. The monoisotopic (exact) mass is 340 g/mol. The predicted octanol–water partition coefficient (Wildman–Crippen LogP) is -3.90. The summed E-state index contributed by atoms with van der Waals surface area (Å²) in [5.41, 5.74) is 0. The van der Waals surface area contributed by atoms with E-state index in [-0.39, 0.29) is 25.1 Å². The summed E-state index contributed by atoms with van der Waals surface area (Å²) in [6.45, 7) is 0.470. The zero-order valence-corrected chi connectivity index (χ0v) is 12.7. The molecule has 0 saturated carbocycles. The zero-order valence-electron chi connectivity index (χ0n) is 11.7. The molecule has 0 spiro atoms. The van der Waals surface area contributed by atoms with Gasteiger partial charge in [0.25, 0.3) is 0 Å². The Balaban J connectivity index is 1.59. The number of carbonyl (C=O) groups excluding carboxylic acids is 1. The summed E-state index contributed by atoms with van der Waals surface area (Å²) in [5, 5.41) is 19.0. The van der Waals surface area contributed by atoms with E-state index in [0.717, 1.165) is 0 Å². The van der Waals surface area contributed by atoms with E-state index >= 15 is 0 Å². The first-order valence-electron chi connectivity index (χ1n) is 7.00. The Hall–Kier alpha value is -0.460. The molecular weight excluding hydrogens is 319 g/mol. The summed E-state index contributed by atoms with van der Waals surface area (Å²) in [6, 6.07) is -0.424. The van der Waals surface area contributed by atoms with Gasteiger partial charge in [0, 0.05) is 0 Å². The molecule has 3 fully saturated rings. The standard InChI is InChI=1S/C10H21N4O7P/c15-6-1-5(2-20-22(17,18)19)21-10(6)14-4-13-7-8(14)11-3-12-9(7)16/h5-8,10-11,13,15,17-19,22H,1-4H2,(H,12,16). The maximum atomic E-state index is 11.8. The number of nitrogens with one attached hydrogen (secondary N) is 3. The first-order chi connectivity index (χ1) is 10.3. The molecule has 11 nitrogen and oxygen atoms in total. The van der Waals surface area contributed by atoms with Gasteiger partial charge in [-0.2, -0.15) is 0 Å². The third-order valence-corrected chi connectivity index (χ3v) is 4.53. The Morgan fingerprint density at radius 3 is 2.86 bits per heavy atom. The van der Waals surface area contributed by atoms with Gasteiger partial charge in [-0.3, -0.25) is 0 Å². The van der Waals surface area contributed by atoms with E-state index in [1.807, 2.05) is 0 Å². The van der Waals surface area contributed by atoms with Crippen LogP contribution in [0.3, 0.4) is 0 Å². The molecule has 3 aliphatic heterocycles. The van der Waals surface area contributed by atoms with Gasteiger partial charge in [0.05, 0.1) is 0 Å². The Morgan fingerprint density at radius 2 is 2.14 bits per heavy atom. The van der Waals surface area contributed by atoms with Gasteiger partial charge in [-0.1, -0.05) is 0 Å². The Morgan fingerprint density at radius 1 is 1.36 bits per heavy atom. The van der Waals surface area contributed by atoms with E-state index in [9.17, 15) is 9.90 Å². The van der Waals surface area contributed by atoms with Crippen molar-refractivity contribution in [3.05, 3.63) is 0 Å². The van der Waals surface area contributed by atoms with E-state index in [4.69, 9.17) is 19.4 Å². The van der Waals surface area contributed by atoms with E-state index in [0.29, 0.717) is 13.3 Å². The first kappa shape index (κ1) is 16.4. The molecule has 0 aromatic heterocycles. The molecule has 5 atom stereocenters. The maximum absolute atomic E-state index is 11.8. The van der Waals surface area contributed by atoms with Gasteiger partial charge in [-0.15, -0.1) is 0 Å². The van der Waals surface area contributed by atoms with Crippen molar-refractivity contribution in [2.24, 2.45) is 0 Å². The predicted molar refractivity (Wildman–Crippen MR) is 73.8 cm³/mol. The van der Waals surface area contributed by atoms with Crippen molar-refractivity contribution in [3.8, 4) is 0 Å². The van der Waals surface area contributed by atoms with Gasteiger partial charge in [0.1, 0.15) is 0 Å². The molecule has 7 N–H and O–H groups in total. The minimum absolute atomic E-state index is 0.116. The molecule has 128 valence electrons. The average Bonchev–Trinajstić information content (AvgIpc) is 3.00. The van der Waals surface area contributed by atoms with Gasteiger partial charge in [-0.25, -0.2) is 0 Å². The number of nitrogens with zero attached hydrogens (tertiary/aromatic N) is 1. The Labute approximate surface area is 126 Å². The van der Waals surface area contributed by atoms with Crippen molar-refractivity contribution >= 4 is 14.1 Å². The molecule has 0 bridgehead atoms. The van der Waals surface area contributed by atoms with E-state index in [1.54, 1.807) is 4.90 Å². The number of aliphatic hydroxyl groups is 1. The SMILES string of the molecule is O=C1NCNC2C1NCN2C1OC(CO[PH](O)(O)O)CC1O. The number of ether oxygens (including phenoxy) is 1. The van der Waals surface area contributed by atoms with Crippen LogP contribution in [0, 0.1) is 0 Å². The van der Waals surface area contributed by atoms with Crippen molar-refractivity contribution < 1.29 is 33.8 Å². The number of fused-ring (bicyclic) bond motifs is 1. The third-order valence-electron chi connectivity index (χ3n) is 3.98. The van der Waals surface area contributed by atoms with Crippen molar-refractivity contribution in [2.45, 2.75) is 37.1 Å². The summed E-state index contributed by atoms with van der Waals surface area (Å²) in [6.07, 6.45) is -2.10. The fourth-order valence-electron chi connectivity index (χ4n) is 3.02. The fourth-order valence-corrected chi connectivity index (χ4v) is 3.43. The Bertz CT molecular complexity index is 436. The molecule has 22 heavy (non-hydrogen) atoms. The van der Waals surface area contributed by atoms with Crippen molar-refractivity contribution in [3.63, 3.8) is 0 Å². The molecule has 3 heterocycles. The summed E-state index contributed by atoms with van der Waals surface area (Å²) < 4.78 is 10.2. The molecule has 3 saturated heterocycles. The molecule has 0 aromatic rings. The van der Waals surface area contributed by atoms with Gasteiger partial charge in [-0.05, 0) is 0 Å².